The van der Waals surface area contributed by atoms with Gasteiger partial charge in [-0.15, -0.1) is 0 Å². The maximum Gasteiger partial charge on any atom is 0.115 e. The van der Waals surface area contributed by atoms with E-state index in [4.69, 9.17) is 11.5 Å². The van der Waals surface area contributed by atoms with E-state index in [1.165, 1.54) is 0 Å². The lowest BCUT2D eigenvalue weighted by Crippen LogP contribution is -2.55. The smallest absolute Gasteiger partial charge is 0.115 e. The molecule has 1 unspecified atom stereocenters. The highest BCUT2D eigenvalue weighted by molar-refractivity contribution is 5.51. The average molecular weight is 352 g/mol. The van der Waals surface area contributed by atoms with Crippen molar-refractivity contribution in [2.45, 2.75) is 31.8 Å². The summed E-state index contributed by atoms with van der Waals surface area (Å²) in [4.78, 5) is 0. The normalized spacial score (nSPS) is 13.5. The van der Waals surface area contributed by atoms with E-state index in [2.05, 4.69) is 13.0 Å². The molecule has 26 heavy (non-hydrogen) atoms. The summed E-state index contributed by atoms with van der Waals surface area (Å²) in [5, 5.41) is 18.6. The summed E-state index contributed by atoms with van der Waals surface area (Å²) in [5.74, 6) is 0.665. The van der Waals surface area contributed by atoms with Gasteiger partial charge in [0.1, 0.15) is 11.5 Å². The molecule has 0 amide bonds. The van der Waals surface area contributed by atoms with E-state index in [1.807, 2.05) is 42.5 Å². The van der Waals surface area contributed by atoms with Gasteiger partial charge in [0, 0.05) is 0 Å². The van der Waals surface area contributed by atoms with Crippen LogP contribution >= 0.6 is 0 Å². The second-order valence-corrected chi connectivity index (χ2v) is 6.65. The van der Waals surface area contributed by atoms with Crippen LogP contribution in [-0.2, 0) is 0 Å². The van der Waals surface area contributed by atoms with Gasteiger partial charge in [-0.25, -0.2) is 0 Å². The van der Waals surface area contributed by atoms with Crippen molar-refractivity contribution in [2.24, 2.45) is 17.4 Å². The largest absolute Gasteiger partial charge is 0.508 e. The molecule has 2 rings (SSSR count). The molecular weight excluding hydrogens is 324 g/mol. The first kappa shape index (κ1) is 19.8. The number of allylic oxidation sites excluding steroid dienone is 1. The molecule has 0 saturated heterocycles. The Morgan fingerprint density at radius 1 is 0.846 bits per heavy atom. The van der Waals surface area contributed by atoms with Crippen molar-refractivity contribution in [1.82, 2.24) is 0 Å². The van der Waals surface area contributed by atoms with Crippen LogP contribution in [0.4, 0.5) is 0 Å². The fourth-order valence-corrected chi connectivity index (χ4v) is 2.87. The zero-order chi connectivity index (χ0) is 19.0. The third-order valence-electron chi connectivity index (χ3n) is 4.55. The third kappa shape index (κ3) is 6.06. The molecule has 138 valence electrons. The van der Waals surface area contributed by atoms with Crippen molar-refractivity contribution in [2.75, 3.05) is 0 Å². The Hall–Kier alpha value is -2.56. The zero-order valence-electron chi connectivity index (χ0n) is 15.2. The van der Waals surface area contributed by atoms with E-state index < -0.39 is 5.66 Å². The predicted octanol–water partition coefficient (Wildman–Crippen LogP) is 4.24. The number of rotatable bonds is 8. The molecule has 0 aromatic heterocycles. The summed E-state index contributed by atoms with van der Waals surface area (Å²) < 4.78 is 0. The number of aromatic hydroxyl groups is 2. The Morgan fingerprint density at radius 2 is 1.31 bits per heavy atom. The summed E-state index contributed by atoms with van der Waals surface area (Å²) in [6.45, 7) is 2.09. The lowest BCUT2D eigenvalue weighted by molar-refractivity contribution is 0.274. The topological polar surface area (TPSA) is 92.5 Å². The molecule has 4 heteroatoms. The molecule has 0 saturated carbocycles. The minimum Gasteiger partial charge on any atom is -0.508 e. The second kappa shape index (κ2) is 9.22. The minimum atomic E-state index is -0.790. The van der Waals surface area contributed by atoms with Crippen molar-refractivity contribution in [3.8, 4) is 11.5 Å². The molecule has 1 atom stereocenters. The number of phenolic OH excluding ortho intramolecular Hbond substituents is 2. The van der Waals surface area contributed by atoms with Crippen LogP contribution < -0.4 is 11.5 Å². The van der Waals surface area contributed by atoms with E-state index in [-0.39, 0.29) is 17.4 Å². The van der Waals surface area contributed by atoms with Gasteiger partial charge >= 0.3 is 0 Å². The summed E-state index contributed by atoms with van der Waals surface area (Å²) in [6, 6.07) is 14.1. The molecule has 0 spiro atoms. The van der Waals surface area contributed by atoms with Gasteiger partial charge < -0.3 is 21.7 Å². The molecule has 0 radical (unpaired) electrons. The van der Waals surface area contributed by atoms with Crippen molar-refractivity contribution in [3.05, 3.63) is 71.8 Å². The van der Waals surface area contributed by atoms with Crippen LogP contribution in [0, 0.1) is 5.92 Å². The molecule has 0 aliphatic rings. The molecule has 4 nitrogen and oxygen atoms in total. The van der Waals surface area contributed by atoms with Crippen LogP contribution in [0.25, 0.3) is 12.2 Å². The molecular formula is C22H28N2O2. The Balaban J connectivity index is 1.93. The van der Waals surface area contributed by atoms with Gasteiger partial charge in [0.15, 0.2) is 0 Å². The van der Waals surface area contributed by atoms with Gasteiger partial charge in [-0.2, -0.15) is 0 Å². The van der Waals surface area contributed by atoms with Gasteiger partial charge in [-0.1, -0.05) is 55.5 Å². The Bertz CT molecular complexity index is 732. The lowest BCUT2D eigenvalue weighted by atomic mass is 9.85. The van der Waals surface area contributed by atoms with Crippen molar-refractivity contribution in [1.29, 1.82) is 0 Å². The SMILES string of the molecule is CCC(CC=Cc1ccc(O)cc1)C(N)(N)CC=Cc1ccc(O)cc1. The first-order valence-electron chi connectivity index (χ1n) is 8.89. The maximum atomic E-state index is 9.32. The Kier molecular flexibility index (Phi) is 7.01. The highest BCUT2D eigenvalue weighted by atomic mass is 16.3. The fourth-order valence-electron chi connectivity index (χ4n) is 2.87. The van der Waals surface area contributed by atoms with Crippen LogP contribution in [0.1, 0.15) is 37.3 Å². The van der Waals surface area contributed by atoms with E-state index in [1.54, 1.807) is 24.3 Å². The average Bonchev–Trinajstić information content (AvgIpc) is 2.61. The first-order chi connectivity index (χ1) is 12.4. The summed E-state index contributed by atoms with van der Waals surface area (Å²) in [6.07, 6.45) is 10.3. The first-order valence-corrected chi connectivity index (χ1v) is 8.89. The highest BCUT2D eigenvalue weighted by Gasteiger charge is 2.27. The Morgan fingerprint density at radius 3 is 1.77 bits per heavy atom. The predicted molar refractivity (Wildman–Crippen MR) is 108 cm³/mol. The summed E-state index contributed by atoms with van der Waals surface area (Å²) in [7, 11) is 0. The molecule has 0 fully saturated rings. The third-order valence-corrected chi connectivity index (χ3v) is 4.55. The van der Waals surface area contributed by atoms with Gasteiger partial charge in [-0.3, -0.25) is 0 Å². The number of hydrogen-bond donors (Lipinski definition) is 4. The van der Waals surface area contributed by atoms with Gasteiger partial charge in [-0.05, 0) is 60.6 Å². The maximum absolute atomic E-state index is 9.32. The van der Waals surface area contributed by atoms with E-state index >= 15 is 0 Å². The van der Waals surface area contributed by atoms with Crippen molar-refractivity contribution >= 4 is 12.2 Å². The highest BCUT2D eigenvalue weighted by Crippen LogP contribution is 2.23. The molecule has 0 bridgehead atoms. The van der Waals surface area contributed by atoms with Gasteiger partial charge in [0.05, 0.1) is 5.66 Å². The lowest BCUT2D eigenvalue weighted by Gasteiger charge is -2.32. The molecule has 0 aliphatic carbocycles. The van der Waals surface area contributed by atoms with Crippen molar-refractivity contribution < 1.29 is 10.2 Å². The standard InChI is InChI=1S/C22H28N2O2/c1-2-19(7-3-5-17-8-12-20(25)13-9-17)22(23,24)16-4-6-18-10-14-21(26)15-11-18/h3-6,8-15,19,25-26H,2,7,16,23-24H2,1H3. The number of benzene rings is 2. The van der Waals surface area contributed by atoms with E-state index in [0.717, 1.165) is 24.0 Å². The number of nitrogens with two attached hydrogens (primary N) is 2. The molecule has 2 aromatic carbocycles. The van der Waals surface area contributed by atoms with Crippen LogP contribution in [0.5, 0.6) is 11.5 Å². The summed E-state index contributed by atoms with van der Waals surface area (Å²) >= 11 is 0. The van der Waals surface area contributed by atoms with Crippen molar-refractivity contribution in [3.63, 3.8) is 0 Å². The Labute approximate surface area is 155 Å². The minimum absolute atomic E-state index is 0.153. The molecule has 2 aromatic rings. The van der Waals surface area contributed by atoms with Crippen LogP contribution in [0.15, 0.2) is 60.7 Å². The molecule has 6 N–H and O–H groups in total. The molecule has 0 aliphatic heterocycles. The second-order valence-electron chi connectivity index (χ2n) is 6.65. The quantitative estimate of drug-likeness (QED) is 0.535. The zero-order valence-corrected chi connectivity index (χ0v) is 15.2. The van der Waals surface area contributed by atoms with Crippen LogP contribution in [0.2, 0.25) is 0 Å². The monoisotopic (exact) mass is 352 g/mol. The van der Waals surface area contributed by atoms with Gasteiger partial charge in [0.25, 0.3) is 0 Å². The molecule has 0 heterocycles. The summed E-state index contributed by atoms with van der Waals surface area (Å²) in [5.41, 5.74) is 14.0. The van der Waals surface area contributed by atoms with E-state index in [9.17, 15) is 10.2 Å². The van der Waals surface area contributed by atoms with E-state index in [0.29, 0.717) is 6.42 Å². The van der Waals surface area contributed by atoms with Crippen LogP contribution in [-0.4, -0.2) is 15.9 Å². The number of hydrogen-bond acceptors (Lipinski definition) is 4. The van der Waals surface area contributed by atoms with Crippen LogP contribution in [0.3, 0.4) is 0 Å². The fraction of sp³-hybridized carbons (Fsp3) is 0.273. The van der Waals surface area contributed by atoms with Gasteiger partial charge in [0.2, 0.25) is 0 Å². The number of phenols is 2.